The van der Waals surface area contributed by atoms with Crippen LogP contribution >= 0.6 is 22.7 Å². The third-order valence-corrected chi connectivity index (χ3v) is 5.60. The second kappa shape index (κ2) is 7.39. The van der Waals surface area contributed by atoms with Gasteiger partial charge in [-0.25, -0.2) is 0 Å². The van der Waals surface area contributed by atoms with Gasteiger partial charge >= 0.3 is 0 Å². The van der Waals surface area contributed by atoms with Gasteiger partial charge in [0.2, 0.25) is 0 Å². The number of nitrogens with one attached hydrogen (secondary N) is 1. The molecule has 0 aromatic carbocycles. The molecule has 0 amide bonds. The molecule has 0 aliphatic rings. The van der Waals surface area contributed by atoms with Crippen LogP contribution in [0.4, 0.5) is 0 Å². The monoisotopic (exact) mass is 297 g/mol. The van der Waals surface area contributed by atoms with E-state index in [0.717, 1.165) is 19.6 Å². The summed E-state index contributed by atoms with van der Waals surface area (Å²) in [4.78, 5) is 1.47. The first kappa shape index (κ1) is 15.0. The van der Waals surface area contributed by atoms with E-state index in [1.165, 1.54) is 20.7 Å². The van der Waals surface area contributed by atoms with E-state index in [0.29, 0.717) is 12.0 Å². The maximum atomic E-state index is 5.22. The van der Waals surface area contributed by atoms with E-state index in [1.54, 1.807) is 7.11 Å². The summed E-state index contributed by atoms with van der Waals surface area (Å²) in [5.74, 6) is 0.597. The zero-order valence-electron chi connectivity index (χ0n) is 11.9. The van der Waals surface area contributed by atoms with Crippen molar-refractivity contribution in [1.82, 2.24) is 5.32 Å². The lowest BCUT2D eigenvalue weighted by Gasteiger charge is -2.24. The molecular formula is C15H23NOS2. The molecular weight excluding hydrogens is 274 g/mol. The van der Waals surface area contributed by atoms with Crippen LogP contribution < -0.4 is 5.32 Å². The number of ether oxygens (including phenoxy) is 1. The Kier molecular flexibility index (Phi) is 5.82. The maximum absolute atomic E-state index is 5.22. The largest absolute Gasteiger partial charge is 0.385 e. The Morgan fingerprint density at radius 3 is 2.89 bits per heavy atom. The van der Waals surface area contributed by atoms with Crippen molar-refractivity contribution in [1.29, 1.82) is 0 Å². The van der Waals surface area contributed by atoms with Gasteiger partial charge in [0.05, 0.1) is 0 Å². The second-order valence-corrected chi connectivity index (χ2v) is 7.05. The Morgan fingerprint density at radius 2 is 2.21 bits per heavy atom. The van der Waals surface area contributed by atoms with Gasteiger partial charge in [0.15, 0.2) is 0 Å². The van der Waals surface area contributed by atoms with Gasteiger partial charge in [0.1, 0.15) is 0 Å². The lowest BCUT2D eigenvalue weighted by molar-refractivity contribution is 0.170. The van der Waals surface area contributed by atoms with Gasteiger partial charge in [0.25, 0.3) is 0 Å². The van der Waals surface area contributed by atoms with Crippen LogP contribution in [0.1, 0.15) is 37.6 Å². The molecule has 0 saturated heterocycles. The van der Waals surface area contributed by atoms with Gasteiger partial charge in [-0.05, 0) is 42.8 Å². The van der Waals surface area contributed by atoms with Gasteiger partial charge in [0, 0.05) is 34.0 Å². The molecule has 0 saturated carbocycles. The zero-order valence-corrected chi connectivity index (χ0v) is 13.6. The van der Waals surface area contributed by atoms with Crippen LogP contribution in [0.5, 0.6) is 0 Å². The van der Waals surface area contributed by atoms with E-state index in [-0.39, 0.29) is 0 Å². The highest BCUT2D eigenvalue weighted by molar-refractivity contribution is 7.26. The van der Waals surface area contributed by atoms with Crippen LogP contribution in [0.25, 0.3) is 9.40 Å². The maximum Gasteiger partial charge on any atom is 0.0465 e. The molecule has 0 fully saturated rings. The van der Waals surface area contributed by atoms with Crippen molar-refractivity contribution in [3.05, 3.63) is 22.4 Å². The molecule has 2 heterocycles. The Balaban J connectivity index is 2.13. The number of hydrogen-bond donors (Lipinski definition) is 1. The SMILES string of the molecule is CCCNC(c1cc2sccc2s1)C(C)CCOC. The highest BCUT2D eigenvalue weighted by Crippen LogP contribution is 2.36. The average molecular weight is 297 g/mol. The molecule has 2 aromatic rings. The van der Waals surface area contributed by atoms with Crippen molar-refractivity contribution in [2.75, 3.05) is 20.3 Å². The molecule has 19 heavy (non-hydrogen) atoms. The molecule has 2 nitrogen and oxygen atoms in total. The molecule has 0 radical (unpaired) electrons. The Labute approximate surface area is 123 Å². The molecule has 2 aromatic heterocycles. The van der Waals surface area contributed by atoms with Gasteiger partial charge < -0.3 is 10.1 Å². The highest BCUT2D eigenvalue weighted by Gasteiger charge is 2.20. The summed E-state index contributed by atoms with van der Waals surface area (Å²) in [7, 11) is 1.78. The Morgan fingerprint density at radius 1 is 1.37 bits per heavy atom. The first-order valence-corrected chi connectivity index (χ1v) is 8.65. The van der Waals surface area contributed by atoms with Crippen molar-refractivity contribution in [2.24, 2.45) is 5.92 Å². The minimum Gasteiger partial charge on any atom is -0.385 e. The number of methoxy groups -OCH3 is 1. The van der Waals surface area contributed by atoms with Crippen molar-refractivity contribution >= 4 is 32.1 Å². The lowest BCUT2D eigenvalue weighted by atomic mass is 9.97. The van der Waals surface area contributed by atoms with Crippen LogP contribution in [0.15, 0.2) is 17.5 Å². The third-order valence-electron chi connectivity index (χ3n) is 3.43. The van der Waals surface area contributed by atoms with Crippen LogP contribution in [-0.4, -0.2) is 20.3 Å². The van der Waals surface area contributed by atoms with Crippen LogP contribution in [0.3, 0.4) is 0 Å². The van der Waals surface area contributed by atoms with Crippen molar-refractivity contribution < 1.29 is 4.74 Å². The predicted octanol–water partition coefficient (Wildman–Crippen LogP) is 4.68. The summed E-state index contributed by atoms with van der Waals surface area (Å²) in [6.45, 7) is 6.45. The lowest BCUT2D eigenvalue weighted by Crippen LogP contribution is -2.27. The van der Waals surface area contributed by atoms with Crippen molar-refractivity contribution in [3.8, 4) is 0 Å². The molecule has 0 aliphatic heterocycles. The van der Waals surface area contributed by atoms with E-state index in [9.17, 15) is 0 Å². The predicted molar refractivity (Wildman–Crippen MR) is 86.4 cm³/mol. The standard InChI is InChI=1S/C15H23NOS2/c1-4-7-16-15(11(2)5-8-17-3)14-10-13-12(19-14)6-9-18-13/h6,9-11,15-16H,4-5,7-8H2,1-3H3. The Bertz CT molecular complexity index is 463. The fraction of sp³-hybridized carbons (Fsp3) is 0.600. The summed E-state index contributed by atoms with van der Waals surface area (Å²) in [5.41, 5.74) is 0. The van der Waals surface area contributed by atoms with Crippen LogP contribution in [0.2, 0.25) is 0 Å². The van der Waals surface area contributed by atoms with Crippen LogP contribution in [-0.2, 0) is 4.74 Å². The molecule has 4 heteroatoms. The van der Waals surface area contributed by atoms with Crippen molar-refractivity contribution in [2.45, 2.75) is 32.7 Å². The quantitative estimate of drug-likeness (QED) is 0.764. The highest BCUT2D eigenvalue weighted by atomic mass is 32.1. The summed E-state index contributed by atoms with van der Waals surface area (Å²) in [6, 6.07) is 5.05. The first-order valence-electron chi connectivity index (χ1n) is 6.95. The van der Waals surface area contributed by atoms with Gasteiger partial charge in [-0.15, -0.1) is 22.7 Å². The molecule has 0 spiro atoms. The summed E-state index contributed by atoms with van der Waals surface area (Å²) in [6.07, 6.45) is 2.27. The number of fused-ring (bicyclic) bond motifs is 1. The minimum absolute atomic E-state index is 0.458. The third kappa shape index (κ3) is 3.78. The fourth-order valence-corrected chi connectivity index (χ4v) is 4.62. The van der Waals surface area contributed by atoms with Crippen LogP contribution in [0, 0.1) is 5.92 Å². The van der Waals surface area contributed by atoms with Gasteiger partial charge in [-0.2, -0.15) is 0 Å². The van der Waals surface area contributed by atoms with Gasteiger partial charge in [-0.1, -0.05) is 13.8 Å². The summed E-state index contributed by atoms with van der Waals surface area (Å²) < 4.78 is 8.06. The van der Waals surface area contributed by atoms with Crippen molar-refractivity contribution in [3.63, 3.8) is 0 Å². The van der Waals surface area contributed by atoms with E-state index in [4.69, 9.17) is 4.74 Å². The molecule has 0 bridgehead atoms. The fourth-order valence-electron chi connectivity index (χ4n) is 2.29. The smallest absolute Gasteiger partial charge is 0.0465 e. The van der Waals surface area contributed by atoms with E-state index in [1.807, 2.05) is 22.7 Å². The number of thiophene rings is 2. The van der Waals surface area contributed by atoms with E-state index >= 15 is 0 Å². The Hall–Kier alpha value is -0.420. The molecule has 2 rings (SSSR count). The van der Waals surface area contributed by atoms with E-state index < -0.39 is 0 Å². The molecule has 106 valence electrons. The summed E-state index contributed by atoms with van der Waals surface area (Å²) in [5, 5.41) is 5.88. The normalized spacial score (nSPS) is 14.9. The summed E-state index contributed by atoms with van der Waals surface area (Å²) >= 11 is 3.77. The topological polar surface area (TPSA) is 21.3 Å². The molecule has 0 aliphatic carbocycles. The molecule has 1 N–H and O–H groups in total. The minimum atomic E-state index is 0.458. The number of rotatable bonds is 8. The molecule has 2 unspecified atom stereocenters. The number of hydrogen-bond acceptors (Lipinski definition) is 4. The zero-order chi connectivity index (χ0) is 13.7. The molecule has 2 atom stereocenters. The first-order chi connectivity index (χ1) is 9.26. The van der Waals surface area contributed by atoms with Gasteiger partial charge in [-0.3, -0.25) is 0 Å². The second-order valence-electron chi connectivity index (χ2n) is 4.99. The van der Waals surface area contributed by atoms with E-state index in [2.05, 4.69) is 36.7 Å². The average Bonchev–Trinajstić information content (AvgIpc) is 2.97.